The van der Waals surface area contributed by atoms with E-state index >= 15 is 4.39 Å². The van der Waals surface area contributed by atoms with E-state index in [1.165, 1.54) is 10.7 Å². The second kappa shape index (κ2) is 10.00. The minimum Gasteiger partial charge on any atom is -0.394 e. The number of rotatable bonds is 7. The highest BCUT2D eigenvalue weighted by atomic mass is 32.5. The van der Waals surface area contributed by atoms with E-state index < -0.39 is 67.9 Å². The van der Waals surface area contributed by atoms with Crippen LogP contribution < -0.4 is 17.0 Å². The zero-order chi connectivity index (χ0) is 28.3. The molecule has 0 aliphatic carbocycles. The molecule has 0 aromatic carbocycles. The maximum absolute atomic E-state index is 15.1. The first-order valence-corrected chi connectivity index (χ1v) is 14.6. The molecule has 8 atom stereocenters. The predicted molar refractivity (Wildman–Crippen MR) is 137 cm³/mol. The molecule has 8 N–H and O–H groups in total. The van der Waals surface area contributed by atoms with E-state index in [0.717, 1.165) is 11.0 Å². The van der Waals surface area contributed by atoms with Gasteiger partial charge in [-0.3, -0.25) is 4.79 Å². The van der Waals surface area contributed by atoms with Crippen molar-refractivity contribution in [1.82, 2.24) is 44.9 Å². The van der Waals surface area contributed by atoms with E-state index in [4.69, 9.17) is 37.3 Å². The lowest BCUT2D eigenvalue weighted by molar-refractivity contribution is -0.0479. The largest absolute Gasteiger partial charge is 0.394 e. The van der Waals surface area contributed by atoms with Gasteiger partial charge in [0.25, 0.3) is 5.56 Å². The Morgan fingerprint density at radius 3 is 2.73 bits per heavy atom. The second-order valence-corrected chi connectivity index (χ2v) is 12.9. The average molecular weight is 600 g/mol. The molecule has 1 unspecified atom stereocenters. The van der Waals surface area contributed by atoms with Gasteiger partial charge in [0, 0.05) is 6.07 Å². The molecular weight excluding hydrogens is 576 g/mol. The number of hydrogen-bond acceptors (Lipinski definition) is 15. The van der Waals surface area contributed by atoms with E-state index in [2.05, 4.69) is 35.6 Å². The third kappa shape index (κ3) is 4.41. The topological polar surface area (TPSA) is 260 Å². The number of fused-ring (bicyclic) bond motifs is 2. The van der Waals surface area contributed by atoms with E-state index in [-0.39, 0.29) is 40.3 Å². The number of nitrogens with one attached hydrogen (secondary N) is 1. The van der Waals surface area contributed by atoms with Gasteiger partial charge in [0.05, 0.1) is 25.0 Å². The minimum atomic E-state index is -3.81. The Hall–Kier alpha value is -3.23. The lowest BCUT2D eigenvalue weighted by Gasteiger charge is -2.27. The van der Waals surface area contributed by atoms with Gasteiger partial charge in [0.2, 0.25) is 0 Å². The number of nitrogens with zero attached hydrogens (tertiary/aromatic N) is 8. The van der Waals surface area contributed by atoms with Gasteiger partial charge in [-0.15, -0.1) is 10.2 Å². The monoisotopic (exact) mass is 599 g/mol. The van der Waals surface area contributed by atoms with Crippen LogP contribution in [0.25, 0.3) is 22.2 Å². The fourth-order valence-corrected chi connectivity index (χ4v) is 7.11. The van der Waals surface area contributed by atoms with E-state index in [1.54, 1.807) is 0 Å². The maximum atomic E-state index is 15.1. The van der Waals surface area contributed by atoms with Crippen LogP contribution in [0.4, 0.5) is 16.0 Å². The molecule has 0 saturated carbocycles. The smallest absolute Gasteiger partial charge is 0.279 e. The van der Waals surface area contributed by atoms with Crippen LogP contribution in [0, 0.1) is 0 Å². The summed E-state index contributed by atoms with van der Waals surface area (Å²) in [6.45, 7) is -4.70. The van der Waals surface area contributed by atoms with Gasteiger partial charge in [0.1, 0.15) is 29.9 Å². The van der Waals surface area contributed by atoms with Gasteiger partial charge < -0.3 is 45.6 Å². The van der Waals surface area contributed by atoms with Crippen LogP contribution in [-0.4, -0.2) is 103 Å². The van der Waals surface area contributed by atoms with Crippen LogP contribution in [0.3, 0.4) is 0 Å². The summed E-state index contributed by atoms with van der Waals surface area (Å²) < 4.78 is 34.6. The highest BCUT2D eigenvalue weighted by Crippen LogP contribution is 2.57. The molecule has 2 aliphatic rings. The summed E-state index contributed by atoms with van der Waals surface area (Å²) in [4.78, 5) is 33.8. The van der Waals surface area contributed by atoms with Crippen LogP contribution in [-0.2, 0) is 25.8 Å². The number of aromatic nitrogens is 9. The normalized spacial score (nSPS) is 30.4. The molecule has 4 aromatic heterocycles. The third-order valence-electron chi connectivity index (χ3n) is 6.77. The van der Waals surface area contributed by atoms with Crippen molar-refractivity contribution in [3.8, 4) is 0 Å². The number of alkyl halides is 1. The van der Waals surface area contributed by atoms with Gasteiger partial charge in [-0.25, -0.2) is 19.0 Å². The first-order valence-electron chi connectivity index (χ1n) is 11.8. The Bertz CT molecular complexity index is 1690. The van der Waals surface area contributed by atoms with Crippen molar-refractivity contribution < 1.29 is 33.5 Å². The molecule has 0 amide bonds. The summed E-state index contributed by atoms with van der Waals surface area (Å²) in [5.41, 5.74) is 10.4. The minimum absolute atomic E-state index is 0.0219. The maximum Gasteiger partial charge on any atom is 0.279 e. The van der Waals surface area contributed by atoms with Crippen LogP contribution >= 0.6 is 6.49 Å². The Labute approximate surface area is 227 Å². The van der Waals surface area contributed by atoms with Crippen LogP contribution in [0.1, 0.15) is 18.9 Å². The van der Waals surface area contributed by atoms with Crippen molar-refractivity contribution in [3.63, 3.8) is 0 Å². The molecule has 40 heavy (non-hydrogen) atoms. The molecule has 0 spiro atoms. The summed E-state index contributed by atoms with van der Waals surface area (Å²) in [6.07, 6.45) is -6.91. The lowest BCUT2D eigenvalue weighted by atomic mass is 10.1. The quantitative estimate of drug-likeness (QED) is 0.126. The SMILES string of the molecule is Nc1cc2c(nnn2[C@@H]2O[C@H](CO)C[C@H]2P(O)(=S)OC[C@H]2O[C@@H](n3nnc4c(N)ncnc43)[C@@H](F)[C@@H]2O)c(=O)[nH]1. The Morgan fingerprint density at radius 2 is 1.95 bits per heavy atom. The van der Waals surface area contributed by atoms with Gasteiger partial charge in [0.15, 0.2) is 47.6 Å². The van der Waals surface area contributed by atoms with Gasteiger partial charge in [-0.2, -0.15) is 4.68 Å². The lowest BCUT2D eigenvalue weighted by Crippen LogP contribution is -2.32. The van der Waals surface area contributed by atoms with Crippen LogP contribution in [0.15, 0.2) is 17.2 Å². The highest BCUT2D eigenvalue weighted by molar-refractivity contribution is 8.09. The standard InChI is InChI=1S/C19H23FN11O7PS/c20-11-14(33)8(38-19(11)31-16-13(27-29-31)15(22)23-5-24-16)4-36-39(35,40)9-1-6(3-32)37-18(9)30-7-2-10(21)25-17(34)12(7)26-28-30/h2,5-6,8-9,11,14,18-19,32-33H,1,3-4H2,(H,35,40)(H3,21,25,34)(H2,22,23,24)/t6-,8+,9+,11-,14+,18+,19+,39?/m0/s1. The van der Waals surface area contributed by atoms with E-state index in [1.807, 2.05) is 0 Å². The van der Waals surface area contributed by atoms with Crippen LogP contribution in [0.2, 0.25) is 0 Å². The Balaban J connectivity index is 1.22. The summed E-state index contributed by atoms with van der Waals surface area (Å²) in [5.74, 6) is 0.0824. The summed E-state index contributed by atoms with van der Waals surface area (Å²) >= 11 is 5.46. The number of halogens is 1. The third-order valence-corrected chi connectivity index (χ3v) is 9.72. The zero-order valence-corrected chi connectivity index (χ0v) is 22.0. The van der Waals surface area contributed by atoms with Crippen molar-refractivity contribution in [2.24, 2.45) is 0 Å². The summed E-state index contributed by atoms with van der Waals surface area (Å²) in [7, 11) is 0. The molecule has 2 saturated heterocycles. The number of aromatic amines is 1. The molecule has 6 rings (SSSR count). The first kappa shape index (κ1) is 27.0. The van der Waals surface area contributed by atoms with Gasteiger partial charge in [-0.05, 0) is 18.2 Å². The summed E-state index contributed by atoms with van der Waals surface area (Å²) in [6, 6.07) is 1.42. The number of anilines is 2. The van der Waals surface area contributed by atoms with Crippen LogP contribution in [0.5, 0.6) is 0 Å². The number of ether oxygens (including phenoxy) is 2. The fraction of sp³-hybridized carbons (Fsp3) is 0.526. The number of nitrogen functional groups attached to an aromatic ring is 2. The predicted octanol–water partition coefficient (Wildman–Crippen LogP) is -1.92. The Kier molecular flexibility index (Phi) is 6.74. The molecule has 214 valence electrons. The number of aliphatic hydroxyl groups is 2. The highest BCUT2D eigenvalue weighted by Gasteiger charge is 2.50. The number of pyridine rings is 1. The molecule has 6 heterocycles. The van der Waals surface area contributed by atoms with Crippen molar-refractivity contribution >= 4 is 52.1 Å². The van der Waals surface area contributed by atoms with Gasteiger partial charge in [-0.1, -0.05) is 10.4 Å². The zero-order valence-electron chi connectivity index (χ0n) is 20.3. The van der Waals surface area contributed by atoms with Crippen molar-refractivity contribution in [3.05, 3.63) is 22.7 Å². The Morgan fingerprint density at radius 1 is 1.20 bits per heavy atom. The molecule has 4 aromatic rings. The number of hydrogen-bond donors (Lipinski definition) is 6. The molecule has 18 nitrogen and oxygen atoms in total. The molecule has 21 heteroatoms. The molecule has 2 aliphatic heterocycles. The van der Waals surface area contributed by atoms with Crippen molar-refractivity contribution in [2.45, 2.75) is 49.0 Å². The van der Waals surface area contributed by atoms with E-state index in [9.17, 15) is 19.9 Å². The van der Waals surface area contributed by atoms with Crippen molar-refractivity contribution in [1.29, 1.82) is 0 Å². The molecule has 0 bridgehead atoms. The number of aliphatic hydroxyl groups excluding tert-OH is 2. The molecule has 2 fully saturated rings. The molecular formula is C19H23FN11O7PS. The second-order valence-electron chi connectivity index (χ2n) is 9.28. The van der Waals surface area contributed by atoms with E-state index in [0.29, 0.717) is 0 Å². The summed E-state index contributed by atoms with van der Waals surface area (Å²) in [5, 5.41) is 35.8. The average Bonchev–Trinajstić information content (AvgIpc) is 3.69. The van der Waals surface area contributed by atoms with Gasteiger partial charge >= 0.3 is 0 Å². The molecule has 0 radical (unpaired) electrons. The first-order chi connectivity index (χ1) is 19.1. The number of nitrogens with two attached hydrogens (primary N) is 2. The van der Waals surface area contributed by atoms with Crippen molar-refractivity contribution in [2.75, 3.05) is 24.7 Å². The fourth-order valence-electron chi connectivity index (χ4n) is 4.79. The number of H-pyrrole nitrogens is 1.